The molecule has 0 saturated heterocycles. The smallest absolute Gasteiger partial charge is 0.123 e. The van der Waals surface area contributed by atoms with Gasteiger partial charge in [0.05, 0.1) is 6.61 Å². The van der Waals surface area contributed by atoms with E-state index in [0.717, 1.165) is 0 Å². The molecule has 0 heterocycles. The first-order chi connectivity index (χ1) is 7.15. The summed E-state index contributed by atoms with van der Waals surface area (Å²) in [4.78, 5) is 0. The van der Waals surface area contributed by atoms with Gasteiger partial charge in [-0.2, -0.15) is 0 Å². The number of nitrogens with two attached hydrogens (primary N) is 1. The second-order valence-corrected chi connectivity index (χ2v) is 3.53. The van der Waals surface area contributed by atoms with Gasteiger partial charge in [-0.25, -0.2) is 4.39 Å². The number of rotatable bonds is 5. The highest BCUT2D eigenvalue weighted by Crippen LogP contribution is 2.22. The van der Waals surface area contributed by atoms with E-state index < -0.39 is 0 Å². The molecule has 0 aliphatic heterocycles. The van der Waals surface area contributed by atoms with Crippen molar-refractivity contribution < 1.29 is 9.13 Å². The molecule has 3 N–H and O–H groups in total. The lowest BCUT2D eigenvalue weighted by Crippen LogP contribution is -2.33. The molecule has 1 rings (SSSR count). The Hall–Kier alpha value is -1.13. The van der Waals surface area contributed by atoms with Crippen molar-refractivity contribution in [2.45, 2.75) is 13.0 Å². The van der Waals surface area contributed by atoms with Gasteiger partial charge in [0.25, 0.3) is 0 Å². The van der Waals surface area contributed by atoms with Gasteiger partial charge in [0.1, 0.15) is 12.6 Å². The molecule has 0 radical (unpaired) electrons. The summed E-state index contributed by atoms with van der Waals surface area (Å²) in [7, 11) is 0. The Morgan fingerprint density at radius 1 is 1.67 bits per heavy atom. The zero-order valence-corrected chi connectivity index (χ0v) is 8.87. The normalized spacial score (nSPS) is 25.5. The highest BCUT2D eigenvalue weighted by Gasteiger charge is 2.20. The minimum atomic E-state index is -0.308. The van der Waals surface area contributed by atoms with E-state index in [9.17, 15) is 4.39 Å². The van der Waals surface area contributed by atoms with Crippen molar-refractivity contribution in [2.75, 3.05) is 13.3 Å². The standard InChI is InChI=1S/C11H17FN2O/c1-3-14-7-15-6-9-4-8(2)10(12)5-11(9)13/h3-5,9,11,14H,1,6-7,13H2,2H3. The largest absolute Gasteiger partial charge is 0.369 e. The molecule has 0 aromatic heterocycles. The molecule has 1 aliphatic carbocycles. The molecule has 0 spiro atoms. The predicted molar refractivity (Wildman–Crippen MR) is 58.6 cm³/mol. The molecule has 0 fully saturated rings. The molecule has 2 unspecified atom stereocenters. The van der Waals surface area contributed by atoms with Crippen LogP contribution in [0.3, 0.4) is 0 Å². The van der Waals surface area contributed by atoms with Crippen molar-refractivity contribution in [3.63, 3.8) is 0 Å². The Labute approximate surface area is 89.5 Å². The van der Waals surface area contributed by atoms with Gasteiger partial charge >= 0.3 is 0 Å². The fourth-order valence-corrected chi connectivity index (χ4v) is 1.41. The molecule has 4 heteroatoms. The molecule has 2 atom stereocenters. The lowest BCUT2D eigenvalue weighted by atomic mass is 9.92. The van der Waals surface area contributed by atoms with Gasteiger partial charge in [-0.05, 0) is 24.8 Å². The minimum Gasteiger partial charge on any atom is -0.369 e. The highest BCUT2D eigenvalue weighted by atomic mass is 19.1. The van der Waals surface area contributed by atoms with Gasteiger partial charge in [0.15, 0.2) is 0 Å². The van der Waals surface area contributed by atoms with E-state index in [0.29, 0.717) is 18.9 Å². The Morgan fingerprint density at radius 3 is 3.07 bits per heavy atom. The number of allylic oxidation sites excluding steroid dienone is 2. The lowest BCUT2D eigenvalue weighted by Gasteiger charge is -2.22. The van der Waals surface area contributed by atoms with Gasteiger partial charge in [-0.15, -0.1) is 0 Å². The molecule has 15 heavy (non-hydrogen) atoms. The Balaban J connectivity index is 2.40. The van der Waals surface area contributed by atoms with Crippen molar-refractivity contribution in [3.8, 4) is 0 Å². The number of halogens is 1. The van der Waals surface area contributed by atoms with Crippen LogP contribution in [0.4, 0.5) is 4.39 Å². The van der Waals surface area contributed by atoms with Crippen molar-refractivity contribution in [1.29, 1.82) is 0 Å². The van der Waals surface area contributed by atoms with Gasteiger partial charge in [0.2, 0.25) is 0 Å². The highest BCUT2D eigenvalue weighted by molar-refractivity contribution is 5.30. The maximum absolute atomic E-state index is 13.1. The van der Waals surface area contributed by atoms with Crippen LogP contribution in [-0.2, 0) is 4.74 Å². The summed E-state index contributed by atoms with van der Waals surface area (Å²) in [6.45, 7) is 6.09. The van der Waals surface area contributed by atoms with Gasteiger partial charge in [-0.1, -0.05) is 12.7 Å². The Morgan fingerprint density at radius 2 is 2.40 bits per heavy atom. The first-order valence-electron chi connectivity index (χ1n) is 4.89. The third-order valence-electron chi connectivity index (χ3n) is 2.31. The molecular weight excluding hydrogens is 195 g/mol. The summed E-state index contributed by atoms with van der Waals surface area (Å²) in [5.74, 6) is -0.195. The van der Waals surface area contributed by atoms with Crippen LogP contribution in [0.2, 0.25) is 0 Å². The quantitative estimate of drug-likeness (QED) is 0.535. The van der Waals surface area contributed by atoms with Crippen LogP contribution < -0.4 is 11.1 Å². The van der Waals surface area contributed by atoms with E-state index in [1.165, 1.54) is 6.08 Å². The Bertz CT molecular complexity index is 286. The predicted octanol–water partition coefficient (Wildman–Crippen LogP) is 1.45. The zero-order valence-electron chi connectivity index (χ0n) is 8.87. The number of hydrogen-bond acceptors (Lipinski definition) is 3. The number of ether oxygens (including phenoxy) is 1. The third-order valence-corrected chi connectivity index (χ3v) is 2.31. The monoisotopic (exact) mass is 212 g/mol. The van der Waals surface area contributed by atoms with Gasteiger partial charge in [-0.3, -0.25) is 0 Å². The first-order valence-corrected chi connectivity index (χ1v) is 4.89. The summed E-state index contributed by atoms with van der Waals surface area (Å²) in [5.41, 5.74) is 6.39. The lowest BCUT2D eigenvalue weighted by molar-refractivity contribution is 0.100. The van der Waals surface area contributed by atoms with E-state index in [1.54, 1.807) is 13.1 Å². The molecule has 0 aromatic carbocycles. The van der Waals surface area contributed by atoms with Gasteiger partial charge in [0, 0.05) is 12.0 Å². The molecule has 0 saturated carbocycles. The molecular formula is C11H17FN2O. The van der Waals surface area contributed by atoms with Gasteiger partial charge < -0.3 is 15.8 Å². The maximum Gasteiger partial charge on any atom is 0.123 e. The molecule has 84 valence electrons. The van der Waals surface area contributed by atoms with Crippen LogP contribution in [0.15, 0.2) is 36.3 Å². The van der Waals surface area contributed by atoms with Crippen LogP contribution in [0.25, 0.3) is 0 Å². The second-order valence-electron chi connectivity index (χ2n) is 3.53. The van der Waals surface area contributed by atoms with Crippen LogP contribution in [-0.4, -0.2) is 19.4 Å². The molecule has 3 nitrogen and oxygen atoms in total. The summed E-state index contributed by atoms with van der Waals surface area (Å²) in [6, 6.07) is -0.308. The van der Waals surface area contributed by atoms with E-state index in [1.807, 2.05) is 6.08 Å². The van der Waals surface area contributed by atoms with Crippen molar-refractivity contribution >= 4 is 0 Å². The summed E-state index contributed by atoms with van der Waals surface area (Å²) in [5, 5.41) is 2.81. The summed E-state index contributed by atoms with van der Waals surface area (Å²) < 4.78 is 18.4. The van der Waals surface area contributed by atoms with E-state index in [-0.39, 0.29) is 17.8 Å². The molecule has 0 bridgehead atoms. The minimum absolute atomic E-state index is 0.0381. The van der Waals surface area contributed by atoms with Crippen molar-refractivity contribution in [3.05, 3.63) is 36.3 Å². The number of nitrogens with one attached hydrogen (secondary N) is 1. The van der Waals surface area contributed by atoms with E-state index in [2.05, 4.69) is 11.9 Å². The topological polar surface area (TPSA) is 47.3 Å². The van der Waals surface area contributed by atoms with Crippen LogP contribution in [0.5, 0.6) is 0 Å². The van der Waals surface area contributed by atoms with E-state index in [4.69, 9.17) is 10.5 Å². The first kappa shape index (κ1) is 11.9. The van der Waals surface area contributed by atoms with Crippen LogP contribution in [0, 0.1) is 5.92 Å². The van der Waals surface area contributed by atoms with Crippen molar-refractivity contribution in [2.24, 2.45) is 11.7 Å². The van der Waals surface area contributed by atoms with Crippen LogP contribution >= 0.6 is 0 Å². The maximum atomic E-state index is 13.1. The Kier molecular flexibility index (Phi) is 4.52. The molecule has 0 aromatic rings. The van der Waals surface area contributed by atoms with Crippen molar-refractivity contribution in [1.82, 2.24) is 5.32 Å². The molecule has 1 aliphatic rings. The molecule has 0 amide bonds. The zero-order chi connectivity index (χ0) is 11.3. The van der Waals surface area contributed by atoms with E-state index >= 15 is 0 Å². The fraction of sp³-hybridized carbons (Fsp3) is 0.455. The number of hydrogen-bond donors (Lipinski definition) is 2. The average Bonchev–Trinajstić information content (AvgIpc) is 2.20. The second kappa shape index (κ2) is 5.68. The SMILES string of the molecule is C=CNCOCC1C=C(C)C(F)=CC1N. The summed E-state index contributed by atoms with van der Waals surface area (Å²) >= 11 is 0. The fourth-order valence-electron chi connectivity index (χ4n) is 1.41. The third kappa shape index (κ3) is 3.49. The summed E-state index contributed by atoms with van der Waals surface area (Å²) in [6.07, 6.45) is 4.81. The van der Waals surface area contributed by atoms with Crippen LogP contribution in [0.1, 0.15) is 6.92 Å². The average molecular weight is 212 g/mol.